The number of imidazole rings is 2. The van der Waals surface area contributed by atoms with E-state index in [4.69, 9.17) is 9.72 Å². The number of benzene rings is 1. The third-order valence-corrected chi connectivity index (χ3v) is 12.8. The first-order valence-corrected chi connectivity index (χ1v) is 19.5. The highest BCUT2D eigenvalue weighted by molar-refractivity contribution is 5.87. The molecule has 4 amide bonds. The zero-order valence-electron chi connectivity index (χ0n) is 32.1. The van der Waals surface area contributed by atoms with Crippen molar-refractivity contribution in [2.24, 2.45) is 5.92 Å². The number of methoxy groups -OCH3 is 2. The van der Waals surface area contributed by atoms with Gasteiger partial charge in [0.15, 0.2) is 0 Å². The topological polar surface area (TPSA) is 175 Å². The SMILES string of the molecule is COC(=O)N[C@H](C(=O)N1CCC[C@H]1c1ncc(C23CCC(c4ccc(-c5cnc([C@@H]6CCCN6C(=O)[C@@H](C)NC(=O)OC)[nH]5)cc4)(CC2)CC3)[nH]1)C(C)C. The van der Waals surface area contributed by atoms with Crippen molar-refractivity contribution in [2.45, 2.75) is 120 Å². The van der Waals surface area contributed by atoms with Gasteiger partial charge in [0.1, 0.15) is 23.7 Å². The summed E-state index contributed by atoms with van der Waals surface area (Å²) in [5, 5.41) is 5.31. The molecule has 2 saturated heterocycles. The number of nitrogens with zero attached hydrogens (tertiary/aromatic N) is 4. The fourth-order valence-corrected chi connectivity index (χ4v) is 9.51. The first-order chi connectivity index (χ1) is 26.0. The van der Waals surface area contributed by atoms with Gasteiger partial charge in [0, 0.05) is 30.4 Å². The van der Waals surface area contributed by atoms with Gasteiger partial charge in [-0.2, -0.15) is 0 Å². The average Bonchev–Trinajstić information content (AvgIpc) is 4.03. The van der Waals surface area contributed by atoms with Crippen LogP contribution in [0.3, 0.4) is 0 Å². The number of carbonyl (C=O) groups excluding carboxylic acids is 4. The first kappa shape index (κ1) is 37.4. The molecule has 2 bridgehead atoms. The molecule has 1 aromatic carbocycles. The molecule has 3 aliphatic carbocycles. The van der Waals surface area contributed by atoms with Crippen molar-refractivity contribution in [3.8, 4) is 11.3 Å². The maximum absolute atomic E-state index is 13.7. The third-order valence-electron chi connectivity index (χ3n) is 12.8. The molecule has 2 aromatic heterocycles. The Morgan fingerprint density at radius 3 is 1.87 bits per heavy atom. The van der Waals surface area contributed by atoms with E-state index in [0.717, 1.165) is 87.1 Å². The molecule has 0 unspecified atom stereocenters. The Morgan fingerprint density at radius 2 is 1.28 bits per heavy atom. The van der Waals surface area contributed by atoms with Crippen molar-refractivity contribution in [3.05, 3.63) is 59.6 Å². The van der Waals surface area contributed by atoms with Crippen LogP contribution in [0.1, 0.15) is 120 Å². The molecule has 4 heterocycles. The van der Waals surface area contributed by atoms with Gasteiger partial charge in [-0.15, -0.1) is 0 Å². The Morgan fingerprint density at radius 1 is 0.741 bits per heavy atom. The molecule has 8 rings (SSSR count). The highest BCUT2D eigenvalue weighted by atomic mass is 16.5. The molecular formula is C40H54N8O6. The molecule has 4 atom stereocenters. The Kier molecular flexibility index (Phi) is 10.5. The van der Waals surface area contributed by atoms with Crippen LogP contribution in [0.4, 0.5) is 9.59 Å². The summed E-state index contributed by atoms with van der Waals surface area (Å²) < 4.78 is 9.45. The number of ether oxygens (including phenoxy) is 2. The normalized spacial score (nSPS) is 26.1. The number of carbonyl (C=O) groups is 4. The van der Waals surface area contributed by atoms with E-state index in [0.29, 0.717) is 13.1 Å². The average molecular weight is 743 g/mol. The molecule has 2 aliphatic heterocycles. The van der Waals surface area contributed by atoms with Gasteiger partial charge < -0.3 is 39.9 Å². The molecule has 54 heavy (non-hydrogen) atoms. The Hall–Kier alpha value is -4.88. The van der Waals surface area contributed by atoms with Gasteiger partial charge in [0.05, 0.1) is 38.2 Å². The molecule has 14 nitrogen and oxygen atoms in total. The Bertz CT molecular complexity index is 1830. The number of alkyl carbamates (subject to hydrolysis) is 2. The number of hydrogen-bond donors (Lipinski definition) is 4. The van der Waals surface area contributed by atoms with Crippen LogP contribution in [-0.2, 0) is 29.9 Å². The number of fused-ring (bicyclic) bond motifs is 3. The van der Waals surface area contributed by atoms with Crippen LogP contribution in [0.25, 0.3) is 11.3 Å². The van der Waals surface area contributed by atoms with Crippen LogP contribution in [0, 0.1) is 5.92 Å². The number of nitrogens with one attached hydrogen (secondary N) is 4. The van der Waals surface area contributed by atoms with E-state index in [1.165, 1.54) is 25.5 Å². The van der Waals surface area contributed by atoms with Gasteiger partial charge in [0.25, 0.3) is 0 Å². The minimum absolute atomic E-state index is 0.0578. The lowest BCUT2D eigenvalue weighted by molar-refractivity contribution is -0.135. The molecule has 14 heteroatoms. The van der Waals surface area contributed by atoms with Crippen molar-refractivity contribution >= 4 is 24.0 Å². The van der Waals surface area contributed by atoms with Crippen molar-refractivity contribution in [2.75, 3.05) is 27.3 Å². The molecule has 3 saturated carbocycles. The predicted octanol–water partition coefficient (Wildman–Crippen LogP) is 5.80. The summed E-state index contributed by atoms with van der Waals surface area (Å²) in [6.07, 6.45) is 12.6. The third kappa shape index (κ3) is 6.95. The summed E-state index contributed by atoms with van der Waals surface area (Å²) in [7, 11) is 2.59. The van der Waals surface area contributed by atoms with E-state index in [9.17, 15) is 19.2 Å². The highest BCUT2D eigenvalue weighted by Gasteiger charge is 2.51. The van der Waals surface area contributed by atoms with Gasteiger partial charge in [-0.05, 0) is 93.6 Å². The maximum Gasteiger partial charge on any atom is 0.407 e. The van der Waals surface area contributed by atoms with E-state index < -0.39 is 24.3 Å². The van der Waals surface area contributed by atoms with Crippen LogP contribution < -0.4 is 10.6 Å². The second kappa shape index (κ2) is 15.1. The number of H-pyrrole nitrogens is 2. The molecule has 0 radical (unpaired) electrons. The van der Waals surface area contributed by atoms with E-state index in [1.54, 1.807) is 11.8 Å². The van der Waals surface area contributed by atoms with E-state index >= 15 is 0 Å². The van der Waals surface area contributed by atoms with E-state index in [2.05, 4.69) is 54.6 Å². The zero-order valence-corrected chi connectivity index (χ0v) is 32.1. The van der Waals surface area contributed by atoms with E-state index in [1.807, 2.05) is 31.1 Å². The standard InChI is InChI=1S/C40H54N8O6/c1-24(2)32(46-38(52)54-5)36(50)48-21-7-9-30(48)34-42-23-31(45-34)40-17-14-39(15-18-40,16-19-40)27-12-10-26(11-13-27)28-22-41-33(44-28)29-8-6-20-47(29)35(49)25(3)43-37(51)53-4/h10-13,22-25,29-30,32H,6-9,14-21H2,1-5H3,(H,41,44)(H,42,45)(H,43,51)(H,46,52)/t25-,29+,30+,32+,39?,40?/m1/s1. The van der Waals surface area contributed by atoms with Crippen LogP contribution in [0.2, 0.25) is 0 Å². The fraction of sp³-hybridized carbons (Fsp3) is 0.600. The smallest absolute Gasteiger partial charge is 0.407 e. The van der Waals surface area contributed by atoms with Crippen LogP contribution in [0.15, 0.2) is 36.7 Å². The summed E-state index contributed by atoms with van der Waals surface area (Å²) >= 11 is 0. The van der Waals surface area contributed by atoms with Crippen molar-refractivity contribution < 1.29 is 28.7 Å². The molecule has 4 N–H and O–H groups in total. The molecule has 5 fully saturated rings. The zero-order chi connectivity index (χ0) is 38.2. The highest BCUT2D eigenvalue weighted by Crippen LogP contribution is 2.58. The van der Waals surface area contributed by atoms with Crippen molar-refractivity contribution in [3.63, 3.8) is 0 Å². The monoisotopic (exact) mass is 742 g/mol. The van der Waals surface area contributed by atoms with Crippen molar-refractivity contribution in [1.82, 2.24) is 40.4 Å². The summed E-state index contributed by atoms with van der Waals surface area (Å²) in [5.74, 6) is 1.26. The minimum atomic E-state index is -0.692. The molecule has 5 aliphatic rings. The Balaban J connectivity index is 0.989. The lowest BCUT2D eigenvalue weighted by atomic mass is 9.51. The van der Waals surface area contributed by atoms with Crippen LogP contribution >= 0.6 is 0 Å². The molecule has 3 aromatic rings. The molecule has 0 spiro atoms. The second-order valence-corrected chi connectivity index (χ2v) is 16.1. The van der Waals surface area contributed by atoms with Gasteiger partial charge in [0.2, 0.25) is 11.8 Å². The largest absolute Gasteiger partial charge is 0.453 e. The number of hydrogen-bond acceptors (Lipinski definition) is 8. The first-order valence-electron chi connectivity index (χ1n) is 19.5. The number of likely N-dealkylation sites (tertiary alicyclic amines) is 2. The fourth-order valence-electron chi connectivity index (χ4n) is 9.51. The summed E-state index contributed by atoms with van der Waals surface area (Å²) in [5.41, 5.74) is 4.73. The molecular weight excluding hydrogens is 688 g/mol. The van der Waals surface area contributed by atoms with Gasteiger partial charge in [-0.3, -0.25) is 9.59 Å². The second-order valence-electron chi connectivity index (χ2n) is 16.1. The van der Waals surface area contributed by atoms with E-state index in [-0.39, 0.29) is 40.6 Å². The lowest BCUT2D eigenvalue weighted by Gasteiger charge is -2.53. The maximum atomic E-state index is 13.7. The molecule has 290 valence electrons. The summed E-state index contributed by atoms with van der Waals surface area (Å²) in [4.78, 5) is 70.9. The lowest BCUT2D eigenvalue weighted by Crippen LogP contribution is -2.51. The minimum Gasteiger partial charge on any atom is -0.453 e. The quantitative estimate of drug-likeness (QED) is 0.202. The van der Waals surface area contributed by atoms with Gasteiger partial charge in [-0.1, -0.05) is 38.1 Å². The predicted molar refractivity (Wildman–Crippen MR) is 200 cm³/mol. The number of rotatable bonds is 10. The number of aromatic nitrogens is 4. The number of amides is 4. The number of aromatic amines is 2. The summed E-state index contributed by atoms with van der Waals surface area (Å²) in [6, 6.07) is 7.25. The van der Waals surface area contributed by atoms with Crippen molar-refractivity contribution in [1.29, 1.82) is 0 Å². The summed E-state index contributed by atoms with van der Waals surface area (Å²) in [6.45, 7) is 6.77. The van der Waals surface area contributed by atoms with Crippen LogP contribution in [-0.4, -0.2) is 93.1 Å². The Labute approximate surface area is 316 Å². The van der Waals surface area contributed by atoms with Gasteiger partial charge in [-0.25, -0.2) is 19.6 Å². The van der Waals surface area contributed by atoms with Gasteiger partial charge >= 0.3 is 12.2 Å². The van der Waals surface area contributed by atoms with Crippen LogP contribution in [0.5, 0.6) is 0 Å².